The van der Waals surface area contributed by atoms with Gasteiger partial charge in [0.2, 0.25) is 0 Å². The molecule has 4 rings (SSSR count). The number of para-hydroxylation sites is 2. The Kier molecular flexibility index (Phi) is 5.06. The Morgan fingerprint density at radius 2 is 2.16 bits per heavy atom. The molecule has 0 radical (unpaired) electrons. The van der Waals surface area contributed by atoms with Crippen LogP contribution in [0.2, 0.25) is 0 Å². The Hall–Kier alpha value is -2.38. The van der Waals surface area contributed by atoms with Crippen LogP contribution < -0.4 is 10.6 Å². The molecule has 4 N–H and O–H groups in total. The fourth-order valence-corrected chi connectivity index (χ4v) is 3.18. The maximum Gasteiger partial charge on any atom is 0.255 e. The number of benzene rings is 1. The molecule has 3 heterocycles. The van der Waals surface area contributed by atoms with Crippen molar-refractivity contribution in [2.24, 2.45) is 0 Å². The van der Waals surface area contributed by atoms with Gasteiger partial charge in [-0.1, -0.05) is 12.1 Å². The Morgan fingerprint density at radius 3 is 2.92 bits per heavy atom. The molecule has 1 unspecified atom stereocenters. The average Bonchev–Trinajstić information content (AvgIpc) is 3.18. The van der Waals surface area contributed by atoms with Gasteiger partial charge in [-0.15, -0.1) is 12.4 Å². The van der Waals surface area contributed by atoms with Crippen LogP contribution in [0, 0.1) is 6.92 Å². The van der Waals surface area contributed by atoms with E-state index in [4.69, 9.17) is 0 Å². The summed E-state index contributed by atoms with van der Waals surface area (Å²) in [4.78, 5) is 20.6. The number of hydrogen-bond acceptors (Lipinski definition) is 4. The molecule has 1 atom stereocenters. The summed E-state index contributed by atoms with van der Waals surface area (Å²) in [6, 6.07) is 7.93. The minimum absolute atomic E-state index is 0. The third kappa shape index (κ3) is 3.38. The number of fused-ring (bicyclic) bond motifs is 1. The molecule has 0 saturated carbocycles. The first kappa shape index (κ1) is 17.4. The second-order valence-corrected chi connectivity index (χ2v) is 6.19. The molecule has 8 heteroatoms. The van der Waals surface area contributed by atoms with Crippen molar-refractivity contribution in [3.05, 3.63) is 35.5 Å². The molecule has 7 nitrogen and oxygen atoms in total. The van der Waals surface area contributed by atoms with Crippen LogP contribution in [0.5, 0.6) is 0 Å². The zero-order chi connectivity index (χ0) is 16.5. The lowest BCUT2D eigenvalue weighted by Crippen LogP contribution is -2.45. The highest BCUT2D eigenvalue weighted by Gasteiger charge is 2.24. The summed E-state index contributed by atoms with van der Waals surface area (Å²) >= 11 is 0. The fourth-order valence-electron chi connectivity index (χ4n) is 3.18. The molecule has 0 spiro atoms. The molecule has 132 valence electrons. The van der Waals surface area contributed by atoms with Gasteiger partial charge in [-0.25, -0.2) is 4.98 Å². The number of rotatable bonds is 3. The zero-order valence-corrected chi connectivity index (χ0v) is 14.7. The van der Waals surface area contributed by atoms with Crippen LogP contribution in [0.3, 0.4) is 0 Å². The molecule has 3 aromatic rings. The first-order chi connectivity index (χ1) is 11.7. The molecule has 1 amide bonds. The van der Waals surface area contributed by atoms with Gasteiger partial charge >= 0.3 is 0 Å². The van der Waals surface area contributed by atoms with Crippen molar-refractivity contribution in [2.75, 3.05) is 13.1 Å². The van der Waals surface area contributed by atoms with Gasteiger partial charge < -0.3 is 15.6 Å². The maximum atomic E-state index is 12.8. The van der Waals surface area contributed by atoms with Crippen molar-refractivity contribution >= 4 is 29.3 Å². The van der Waals surface area contributed by atoms with Crippen LogP contribution in [-0.2, 0) is 0 Å². The van der Waals surface area contributed by atoms with Gasteiger partial charge in [-0.05, 0) is 38.4 Å². The first-order valence-electron chi connectivity index (χ1n) is 8.24. The lowest BCUT2D eigenvalue weighted by molar-refractivity contribution is 0.0930. The Labute approximate surface area is 151 Å². The molecule has 1 aliphatic heterocycles. The molecule has 0 aliphatic carbocycles. The van der Waals surface area contributed by atoms with Gasteiger partial charge in [-0.2, -0.15) is 5.10 Å². The number of piperidine rings is 1. The van der Waals surface area contributed by atoms with Crippen molar-refractivity contribution in [1.29, 1.82) is 0 Å². The first-order valence-corrected chi connectivity index (χ1v) is 8.24. The predicted octanol–water partition coefficient (Wildman–Crippen LogP) is 2.17. The van der Waals surface area contributed by atoms with E-state index in [1.165, 1.54) is 0 Å². The number of aromatic nitrogens is 4. The predicted molar refractivity (Wildman–Crippen MR) is 99.0 cm³/mol. The number of amides is 1. The van der Waals surface area contributed by atoms with E-state index in [9.17, 15) is 4.79 Å². The molecule has 1 aliphatic rings. The van der Waals surface area contributed by atoms with Gasteiger partial charge in [0.15, 0.2) is 5.82 Å². The summed E-state index contributed by atoms with van der Waals surface area (Å²) in [5.41, 5.74) is 3.64. The normalized spacial score (nSPS) is 17.2. The van der Waals surface area contributed by atoms with Crippen LogP contribution in [0.1, 0.15) is 28.9 Å². The maximum absolute atomic E-state index is 12.8. The Balaban J connectivity index is 0.00000182. The van der Waals surface area contributed by atoms with Crippen LogP contribution in [0.4, 0.5) is 0 Å². The number of carbonyl (C=O) groups is 1. The third-order valence-electron chi connectivity index (χ3n) is 4.42. The van der Waals surface area contributed by atoms with E-state index < -0.39 is 0 Å². The van der Waals surface area contributed by atoms with Crippen molar-refractivity contribution in [3.63, 3.8) is 0 Å². The van der Waals surface area contributed by atoms with Crippen molar-refractivity contribution < 1.29 is 4.79 Å². The molecule has 0 bridgehead atoms. The summed E-state index contributed by atoms with van der Waals surface area (Å²) in [6.07, 6.45) is 2.07. The minimum atomic E-state index is -0.106. The van der Waals surface area contributed by atoms with E-state index in [1.54, 1.807) is 0 Å². The zero-order valence-electron chi connectivity index (χ0n) is 13.9. The van der Waals surface area contributed by atoms with E-state index in [0.717, 1.165) is 42.7 Å². The highest BCUT2D eigenvalue weighted by molar-refractivity contribution is 6.01. The molecule has 1 saturated heterocycles. The third-order valence-corrected chi connectivity index (χ3v) is 4.42. The van der Waals surface area contributed by atoms with E-state index >= 15 is 0 Å². The number of H-pyrrole nitrogens is 2. The topological polar surface area (TPSA) is 98.5 Å². The number of aromatic amines is 2. The Bertz CT molecular complexity index is 847. The number of halogens is 1. The van der Waals surface area contributed by atoms with Gasteiger partial charge in [0, 0.05) is 18.3 Å². The SMILES string of the molecule is Cc1[nH]nc(-c2nc3ccccc3[nH]2)c1C(=O)NC1CCCNC1.Cl. The van der Waals surface area contributed by atoms with E-state index in [2.05, 4.69) is 30.8 Å². The number of nitrogens with one attached hydrogen (secondary N) is 4. The van der Waals surface area contributed by atoms with Crippen LogP contribution in [0.15, 0.2) is 24.3 Å². The number of carbonyl (C=O) groups excluding carboxylic acids is 1. The molecule has 2 aromatic heterocycles. The van der Waals surface area contributed by atoms with Crippen molar-refractivity contribution in [2.45, 2.75) is 25.8 Å². The highest BCUT2D eigenvalue weighted by atomic mass is 35.5. The quantitative estimate of drug-likeness (QED) is 0.575. The molecule has 1 aromatic carbocycles. The highest BCUT2D eigenvalue weighted by Crippen LogP contribution is 2.24. The lowest BCUT2D eigenvalue weighted by Gasteiger charge is -2.23. The van der Waals surface area contributed by atoms with Crippen LogP contribution in [0.25, 0.3) is 22.6 Å². The number of imidazole rings is 1. The molecule has 1 fully saturated rings. The average molecular weight is 361 g/mol. The summed E-state index contributed by atoms with van der Waals surface area (Å²) < 4.78 is 0. The van der Waals surface area contributed by atoms with Crippen molar-refractivity contribution in [3.8, 4) is 11.5 Å². The molecular formula is C17H21ClN6O. The van der Waals surface area contributed by atoms with E-state index in [0.29, 0.717) is 17.1 Å². The minimum Gasteiger partial charge on any atom is -0.348 e. The Morgan fingerprint density at radius 1 is 1.32 bits per heavy atom. The fraction of sp³-hybridized carbons (Fsp3) is 0.353. The van der Waals surface area contributed by atoms with Gasteiger partial charge in [0.1, 0.15) is 5.69 Å². The van der Waals surface area contributed by atoms with E-state index in [1.807, 2.05) is 31.2 Å². The summed E-state index contributed by atoms with van der Waals surface area (Å²) in [6.45, 7) is 3.68. The monoisotopic (exact) mass is 360 g/mol. The van der Waals surface area contributed by atoms with Gasteiger partial charge in [-0.3, -0.25) is 9.89 Å². The van der Waals surface area contributed by atoms with E-state index in [-0.39, 0.29) is 24.4 Å². The summed E-state index contributed by atoms with van der Waals surface area (Å²) in [5, 5.41) is 13.6. The summed E-state index contributed by atoms with van der Waals surface area (Å²) in [5.74, 6) is 0.498. The second kappa shape index (κ2) is 7.25. The van der Waals surface area contributed by atoms with Gasteiger partial charge in [0.25, 0.3) is 5.91 Å². The lowest BCUT2D eigenvalue weighted by atomic mass is 10.1. The largest absolute Gasteiger partial charge is 0.348 e. The summed E-state index contributed by atoms with van der Waals surface area (Å²) in [7, 11) is 0. The second-order valence-electron chi connectivity index (χ2n) is 6.19. The van der Waals surface area contributed by atoms with Crippen LogP contribution in [-0.4, -0.2) is 45.2 Å². The van der Waals surface area contributed by atoms with Crippen molar-refractivity contribution in [1.82, 2.24) is 30.8 Å². The number of hydrogen-bond donors (Lipinski definition) is 4. The number of aryl methyl sites for hydroxylation is 1. The standard InChI is InChI=1S/C17H20N6O.ClH/c1-10-14(17(24)19-11-5-4-8-18-9-11)15(23-22-10)16-20-12-6-2-3-7-13(12)21-16;/h2-3,6-7,11,18H,4-5,8-9H2,1H3,(H,19,24)(H,20,21)(H,22,23);1H. The number of nitrogens with zero attached hydrogens (tertiary/aromatic N) is 2. The molecule has 25 heavy (non-hydrogen) atoms. The van der Waals surface area contributed by atoms with Gasteiger partial charge in [0.05, 0.1) is 16.6 Å². The smallest absolute Gasteiger partial charge is 0.255 e. The van der Waals surface area contributed by atoms with Crippen LogP contribution >= 0.6 is 12.4 Å². The molecular weight excluding hydrogens is 340 g/mol.